The summed E-state index contributed by atoms with van der Waals surface area (Å²) in [5.74, 6) is 1.10. The lowest BCUT2D eigenvalue weighted by molar-refractivity contribution is -0.142. The third-order valence-corrected chi connectivity index (χ3v) is 4.46. The number of rotatable bonds is 3. The van der Waals surface area contributed by atoms with Gasteiger partial charge in [-0.2, -0.15) is 0 Å². The van der Waals surface area contributed by atoms with Crippen LogP contribution in [0.1, 0.15) is 48.9 Å². The summed E-state index contributed by atoms with van der Waals surface area (Å²) in [7, 11) is 0. The first-order valence-electron chi connectivity index (χ1n) is 8.31. The molecule has 0 aliphatic carbocycles. The van der Waals surface area contributed by atoms with Crippen LogP contribution in [0.15, 0.2) is 6.20 Å². The van der Waals surface area contributed by atoms with Gasteiger partial charge in [-0.3, -0.25) is 9.59 Å². The van der Waals surface area contributed by atoms with Crippen LogP contribution in [0.2, 0.25) is 0 Å². The molecular weight excluding hydrogens is 296 g/mol. The number of carbonyl (C=O) groups excluding carboxylic acids is 2. The van der Waals surface area contributed by atoms with Gasteiger partial charge < -0.3 is 19.5 Å². The molecule has 0 unspecified atom stereocenters. The topological polar surface area (TPSA) is 78.5 Å². The Labute approximate surface area is 136 Å². The second-order valence-electron chi connectivity index (χ2n) is 6.46. The van der Waals surface area contributed by atoms with Gasteiger partial charge in [0.1, 0.15) is 17.6 Å². The zero-order valence-corrected chi connectivity index (χ0v) is 13.7. The van der Waals surface area contributed by atoms with E-state index in [1.54, 1.807) is 11.1 Å². The molecule has 0 aromatic carbocycles. The molecular formula is C16H24N4O3. The molecule has 7 nitrogen and oxygen atoms in total. The molecule has 2 aliphatic rings. The molecule has 2 saturated heterocycles. The molecule has 0 saturated carbocycles. The van der Waals surface area contributed by atoms with Gasteiger partial charge in [0.05, 0.1) is 6.20 Å². The summed E-state index contributed by atoms with van der Waals surface area (Å²) in [6.45, 7) is 6.96. The van der Waals surface area contributed by atoms with Crippen molar-refractivity contribution in [2.75, 3.05) is 32.8 Å². The molecule has 2 fully saturated rings. The largest absolute Gasteiger partial charge is 0.368 e. The smallest absolute Gasteiger partial charge is 0.272 e. The number of hydrogen-bond acceptors (Lipinski definition) is 4. The van der Waals surface area contributed by atoms with Gasteiger partial charge in [-0.05, 0) is 12.8 Å². The molecule has 7 heteroatoms. The van der Waals surface area contributed by atoms with Crippen LogP contribution in [0.5, 0.6) is 0 Å². The Hall–Kier alpha value is -1.89. The maximum Gasteiger partial charge on any atom is 0.272 e. The van der Waals surface area contributed by atoms with Gasteiger partial charge in [0.2, 0.25) is 0 Å². The fraction of sp³-hybridized carbons (Fsp3) is 0.688. The lowest BCUT2D eigenvalue weighted by Crippen LogP contribution is -2.52. The highest BCUT2D eigenvalue weighted by atomic mass is 16.5. The summed E-state index contributed by atoms with van der Waals surface area (Å²) < 4.78 is 5.45. The van der Waals surface area contributed by atoms with Crippen molar-refractivity contribution in [3.63, 3.8) is 0 Å². The second kappa shape index (κ2) is 6.70. The van der Waals surface area contributed by atoms with E-state index < -0.39 is 0 Å². The summed E-state index contributed by atoms with van der Waals surface area (Å²) in [5.41, 5.74) is 0.521. The monoisotopic (exact) mass is 320 g/mol. The fourth-order valence-corrected chi connectivity index (χ4v) is 3.02. The number of aromatic nitrogens is 2. The number of ether oxygens (including phenoxy) is 1. The Morgan fingerprint density at radius 1 is 1.26 bits per heavy atom. The van der Waals surface area contributed by atoms with Crippen molar-refractivity contribution in [2.45, 2.75) is 38.7 Å². The maximum absolute atomic E-state index is 12.5. The van der Waals surface area contributed by atoms with Gasteiger partial charge in [0, 0.05) is 38.7 Å². The van der Waals surface area contributed by atoms with Crippen LogP contribution in [0.25, 0.3) is 0 Å². The molecule has 1 aromatic heterocycles. The van der Waals surface area contributed by atoms with Crippen molar-refractivity contribution in [1.29, 1.82) is 0 Å². The van der Waals surface area contributed by atoms with E-state index in [0.717, 1.165) is 18.7 Å². The molecule has 3 heterocycles. The Morgan fingerprint density at radius 2 is 1.96 bits per heavy atom. The molecule has 0 radical (unpaired) electrons. The highest BCUT2D eigenvalue weighted by molar-refractivity contribution is 5.92. The number of piperazine rings is 1. The first kappa shape index (κ1) is 16.0. The molecule has 126 valence electrons. The van der Waals surface area contributed by atoms with Crippen molar-refractivity contribution in [3.05, 3.63) is 17.7 Å². The predicted molar refractivity (Wildman–Crippen MR) is 84.1 cm³/mol. The maximum atomic E-state index is 12.5. The van der Waals surface area contributed by atoms with Gasteiger partial charge in [-0.15, -0.1) is 0 Å². The Morgan fingerprint density at radius 3 is 2.52 bits per heavy atom. The highest BCUT2D eigenvalue weighted by Gasteiger charge is 2.31. The minimum absolute atomic E-state index is 0.0476. The lowest BCUT2D eigenvalue weighted by Gasteiger charge is -2.35. The summed E-state index contributed by atoms with van der Waals surface area (Å²) in [5, 5.41) is 0. The van der Waals surface area contributed by atoms with Crippen molar-refractivity contribution in [1.82, 2.24) is 19.8 Å². The number of nitrogens with zero attached hydrogens (tertiary/aromatic N) is 3. The van der Waals surface area contributed by atoms with E-state index in [0.29, 0.717) is 38.5 Å². The first-order chi connectivity index (χ1) is 11.1. The summed E-state index contributed by atoms with van der Waals surface area (Å²) >= 11 is 0. The molecule has 23 heavy (non-hydrogen) atoms. The summed E-state index contributed by atoms with van der Waals surface area (Å²) in [4.78, 5) is 35.7. The van der Waals surface area contributed by atoms with Gasteiger partial charge in [-0.1, -0.05) is 13.8 Å². The lowest BCUT2D eigenvalue weighted by atomic mass is 10.2. The Kier molecular flexibility index (Phi) is 4.66. The molecule has 1 atom stereocenters. The Balaban J connectivity index is 1.55. The van der Waals surface area contributed by atoms with Crippen LogP contribution in [0, 0.1) is 0 Å². The SMILES string of the molecule is CC(C)c1ncc(C(=O)N2CCN(C(=O)[C@H]3CCCO3)CC2)[nH]1. The minimum Gasteiger partial charge on any atom is -0.368 e. The normalized spacial score (nSPS) is 22.0. The fourth-order valence-electron chi connectivity index (χ4n) is 3.02. The quantitative estimate of drug-likeness (QED) is 0.901. The molecule has 2 amide bonds. The molecule has 0 bridgehead atoms. The van der Waals surface area contributed by atoms with Crippen molar-refractivity contribution in [2.24, 2.45) is 0 Å². The van der Waals surface area contributed by atoms with Gasteiger partial charge in [0.15, 0.2) is 0 Å². The van der Waals surface area contributed by atoms with Crippen LogP contribution in [0.3, 0.4) is 0 Å². The van der Waals surface area contributed by atoms with Crippen LogP contribution in [-0.4, -0.2) is 70.5 Å². The van der Waals surface area contributed by atoms with Crippen LogP contribution < -0.4 is 0 Å². The third kappa shape index (κ3) is 3.39. The van der Waals surface area contributed by atoms with Crippen molar-refractivity contribution in [3.8, 4) is 0 Å². The van der Waals surface area contributed by atoms with E-state index >= 15 is 0 Å². The summed E-state index contributed by atoms with van der Waals surface area (Å²) in [6, 6.07) is 0. The third-order valence-electron chi connectivity index (χ3n) is 4.46. The van der Waals surface area contributed by atoms with Crippen LogP contribution in [-0.2, 0) is 9.53 Å². The van der Waals surface area contributed by atoms with Gasteiger partial charge in [-0.25, -0.2) is 4.98 Å². The average Bonchev–Trinajstić information content (AvgIpc) is 3.25. The molecule has 1 N–H and O–H groups in total. The zero-order chi connectivity index (χ0) is 16.4. The molecule has 2 aliphatic heterocycles. The number of imidazole rings is 1. The van der Waals surface area contributed by atoms with Crippen LogP contribution in [0.4, 0.5) is 0 Å². The minimum atomic E-state index is -0.279. The molecule has 0 spiro atoms. The number of amides is 2. The highest BCUT2D eigenvalue weighted by Crippen LogP contribution is 2.17. The van der Waals surface area contributed by atoms with E-state index in [1.807, 2.05) is 18.7 Å². The number of nitrogens with one attached hydrogen (secondary N) is 1. The number of H-pyrrole nitrogens is 1. The number of aromatic amines is 1. The van der Waals surface area contributed by atoms with E-state index in [-0.39, 0.29) is 23.8 Å². The van der Waals surface area contributed by atoms with E-state index in [2.05, 4.69) is 9.97 Å². The second-order valence-corrected chi connectivity index (χ2v) is 6.46. The van der Waals surface area contributed by atoms with Crippen molar-refractivity contribution < 1.29 is 14.3 Å². The summed E-state index contributed by atoms with van der Waals surface area (Å²) in [6.07, 6.45) is 3.08. The number of hydrogen-bond donors (Lipinski definition) is 1. The first-order valence-corrected chi connectivity index (χ1v) is 8.31. The number of carbonyl (C=O) groups is 2. The Bertz CT molecular complexity index is 570. The van der Waals surface area contributed by atoms with E-state index in [4.69, 9.17) is 4.74 Å². The molecule has 1 aromatic rings. The average molecular weight is 320 g/mol. The van der Waals surface area contributed by atoms with Gasteiger partial charge in [0.25, 0.3) is 11.8 Å². The van der Waals surface area contributed by atoms with E-state index in [1.165, 1.54) is 0 Å². The predicted octanol–water partition coefficient (Wildman–Crippen LogP) is 0.996. The van der Waals surface area contributed by atoms with Gasteiger partial charge >= 0.3 is 0 Å². The molecule has 3 rings (SSSR count). The standard InChI is InChI=1S/C16H24N4O3/c1-11(2)14-17-10-12(18-14)15(21)19-5-7-20(8-6-19)16(22)13-4-3-9-23-13/h10-11,13H,3-9H2,1-2H3,(H,17,18)/t13-/m1/s1. The van der Waals surface area contributed by atoms with E-state index in [9.17, 15) is 9.59 Å². The van der Waals surface area contributed by atoms with Crippen molar-refractivity contribution >= 4 is 11.8 Å². The zero-order valence-electron chi connectivity index (χ0n) is 13.7. The van der Waals surface area contributed by atoms with Crippen LogP contribution >= 0.6 is 0 Å².